The number of rotatable bonds is 5. The molecular weight excluding hydrogens is 210 g/mol. The highest BCUT2D eigenvalue weighted by Crippen LogP contribution is 2.22. The van der Waals surface area contributed by atoms with Gasteiger partial charge >= 0.3 is 0 Å². The van der Waals surface area contributed by atoms with Gasteiger partial charge in [-0.05, 0) is 5.92 Å². The maximum atomic E-state index is 11.5. The van der Waals surface area contributed by atoms with Crippen LogP contribution in [0.25, 0.3) is 0 Å². The van der Waals surface area contributed by atoms with Crippen molar-refractivity contribution in [2.45, 2.75) is 45.4 Å². The number of thioether (sulfide) groups is 1. The van der Waals surface area contributed by atoms with E-state index >= 15 is 0 Å². The van der Waals surface area contributed by atoms with E-state index in [0.717, 1.165) is 0 Å². The van der Waals surface area contributed by atoms with Crippen molar-refractivity contribution in [2.75, 3.05) is 12.4 Å². The van der Waals surface area contributed by atoms with Gasteiger partial charge in [0.25, 0.3) is 0 Å². The third-order valence-corrected chi connectivity index (χ3v) is 3.26. The molecule has 0 spiro atoms. The topological polar surface area (TPSA) is 49.3 Å². The first-order chi connectivity index (χ1) is 6.76. The fourth-order valence-electron chi connectivity index (χ4n) is 0.954. The highest BCUT2D eigenvalue weighted by molar-refractivity contribution is 8.01. The quantitative estimate of drug-likeness (QED) is 0.759. The second-order valence-corrected chi connectivity index (χ2v) is 6.80. The standard InChI is InChI=1S/C11H23NO2S/c1-8(2)9(6-13)12-10(14)7-15-11(3,4)5/h8-9,13H,6-7H2,1-5H3,(H,12,14)/t9-/m1/s1. The minimum absolute atomic E-state index is 0.00248. The molecule has 1 amide bonds. The van der Waals surface area contributed by atoms with E-state index in [1.807, 2.05) is 13.8 Å². The Hall–Kier alpha value is -0.220. The zero-order chi connectivity index (χ0) is 12.1. The molecule has 90 valence electrons. The summed E-state index contributed by atoms with van der Waals surface area (Å²) in [6.45, 7) is 10.2. The normalized spacial score (nSPS) is 14.1. The van der Waals surface area contributed by atoms with E-state index in [-0.39, 0.29) is 29.2 Å². The summed E-state index contributed by atoms with van der Waals surface area (Å²) in [5.74, 6) is 0.716. The zero-order valence-corrected chi connectivity index (χ0v) is 11.1. The molecule has 0 aliphatic heterocycles. The maximum Gasteiger partial charge on any atom is 0.230 e. The Bertz CT molecular complexity index is 199. The summed E-state index contributed by atoms with van der Waals surface area (Å²) >= 11 is 1.61. The second kappa shape index (κ2) is 6.38. The molecule has 0 unspecified atom stereocenters. The van der Waals surface area contributed by atoms with Gasteiger partial charge in [-0.3, -0.25) is 4.79 Å². The number of carbonyl (C=O) groups excluding carboxylic acids is 1. The minimum atomic E-state index is -0.127. The minimum Gasteiger partial charge on any atom is -0.394 e. The fraction of sp³-hybridized carbons (Fsp3) is 0.909. The van der Waals surface area contributed by atoms with Gasteiger partial charge in [0.15, 0.2) is 0 Å². The van der Waals surface area contributed by atoms with Crippen LogP contribution in [0, 0.1) is 5.92 Å². The van der Waals surface area contributed by atoms with Crippen LogP contribution >= 0.6 is 11.8 Å². The van der Waals surface area contributed by atoms with Crippen LogP contribution in [0.3, 0.4) is 0 Å². The summed E-state index contributed by atoms with van der Waals surface area (Å²) in [4.78, 5) is 11.5. The van der Waals surface area contributed by atoms with E-state index in [1.54, 1.807) is 11.8 Å². The number of aliphatic hydroxyl groups excluding tert-OH is 1. The van der Waals surface area contributed by atoms with Crippen LogP contribution < -0.4 is 5.32 Å². The number of carbonyl (C=O) groups is 1. The Morgan fingerprint density at radius 3 is 2.27 bits per heavy atom. The van der Waals surface area contributed by atoms with Gasteiger partial charge in [-0.25, -0.2) is 0 Å². The summed E-state index contributed by atoms with van der Waals surface area (Å²) < 4.78 is 0.101. The Morgan fingerprint density at radius 2 is 1.93 bits per heavy atom. The molecule has 0 saturated heterocycles. The van der Waals surface area contributed by atoms with Crippen LogP contribution in [-0.2, 0) is 4.79 Å². The van der Waals surface area contributed by atoms with Gasteiger partial charge in [-0.15, -0.1) is 11.8 Å². The molecule has 1 atom stereocenters. The number of hydrogen-bond acceptors (Lipinski definition) is 3. The number of nitrogens with one attached hydrogen (secondary N) is 1. The molecule has 0 aliphatic carbocycles. The van der Waals surface area contributed by atoms with Crippen molar-refractivity contribution in [1.29, 1.82) is 0 Å². The molecule has 0 aliphatic rings. The van der Waals surface area contributed by atoms with Gasteiger partial charge in [-0.1, -0.05) is 34.6 Å². The van der Waals surface area contributed by atoms with Crippen molar-refractivity contribution in [1.82, 2.24) is 5.32 Å². The molecule has 2 N–H and O–H groups in total. The predicted octanol–water partition coefficient (Wildman–Crippen LogP) is 1.65. The molecule has 15 heavy (non-hydrogen) atoms. The van der Waals surface area contributed by atoms with E-state index in [0.29, 0.717) is 5.75 Å². The second-order valence-electron chi connectivity index (χ2n) is 5.00. The predicted molar refractivity (Wildman–Crippen MR) is 66.1 cm³/mol. The molecule has 0 saturated carbocycles. The lowest BCUT2D eigenvalue weighted by atomic mass is 10.1. The van der Waals surface area contributed by atoms with Crippen LogP contribution in [0.5, 0.6) is 0 Å². The lowest BCUT2D eigenvalue weighted by Gasteiger charge is -2.22. The Morgan fingerprint density at radius 1 is 1.40 bits per heavy atom. The Balaban J connectivity index is 3.92. The summed E-state index contributed by atoms with van der Waals surface area (Å²) in [6, 6.07) is -0.127. The third kappa shape index (κ3) is 7.68. The smallest absolute Gasteiger partial charge is 0.230 e. The van der Waals surface area contributed by atoms with Crippen LogP contribution in [0.2, 0.25) is 0 Å². The van der Waals surface area contributed by atoms with Gasteiger partial charge < -0.3 is 10.4 Å². The molecule has 0 aromatic heterocycles. The average Bonchev–Trinajstić information content (AvgIpc) is 2.09. The van der Waals surface area contributed by atoms with Crippen molar-refractivity contribution >= 4 is 17.7 Å². The van der Waals surface area contributed by atoms with E-state index in [2.05, 4.69) is 26.1 Å². The SMILES string of the molecule is CC(C)[C@@H](CO)NC(=O)CSC(C)(C)C. The van der Waals surface area contributed by atoms with Gasteiger partial charge in [0.05, 0.1) is 18.4 Å². The van der Waals surface area contributed by atoms with Crippen molar-refractivity contribution in [3.8, 4) is 0 Å². The highest BCUT2D eigenvalue weighted by Gasteiger charge is 2.17. The summed E-state index contributed by atoms with van der Waals surface area (Å²) in [6.07, 6.45) is 0. The molecule has 0 heterocycles. The summed E-state index contributed by atoms with van der Waals surface area (Å²) in [5.41, 5.74) is 0. The molecule has 0 bridgehead atoms. The lowest BCUT2D eigenvalue weighted by Crippen LogP contribution is -2.42. The molecule has 0 aromatic rings. The third-order valence-electron chi connectivity index (χ3n) is 1.98. The Labute approximate surface area is 97.0 Å². The number of hydrogen-bond donors (Lipinski definition) is 2. The summed E-state index contributed by atoms with van der Waals surface area (Å²) in [5, 5.41) is 11.9. The molecule has 0 rings (SSSR count). The maximum absolute atomic E-state index is 11.5. The van der Waals surface area contributed by atoms with E-state index < -0.39 is 0 Å². The Kier molecular flexibility index (Phi) is 6.29. The van der Waals surface area contributed by atoms with Crippen LogP contribution in [0.1, 0.15) is 34.6 Å². The van der Waals surface area contributed by atoms with Gasteiger partial charge in [0.2, 0.25) is 5.91 Å². The van der Waals surface area contributed by atoms with E-state index in [4.69, 9.17) is 5.11 Å². The van der Waals surface area contributed by atoms with Gasteiger partial charge in [0.1, 0.15) is 0 Å². The lowest BCUT2D eigenvalue weighted by molar-refractivity contribution is -0.119. The first-order valence-corrected chi connectivity index (χ1v) is 6.29. The first-order valence-electron chi connectivity index (χ1n) is 5.30. The molecule has 4 heteroatoms. The molecule has 3 nitrogen and oxygen atoms in total. The van der Waals surface area contributed by atoms with Gasteiger partial charge in [-0.2, -0.15) is 0 Å². The first kappa shape index (κ1) is 14.8. The van der Waals surface area contributed by atoms with Crippen molar-refractivity contribution in [3.05, 3.63) is 0 Å². The van der Waals surface area contributed by atoms with Crippen molar-refractivity contribution in [2.24, 2.45) is 5.92 Å². The average molecular weight is 233 g/mol. The van der Waals surface area contributed by atoms with Crippen LogP contribution in [-0.4, -0.2) is 34.2 Å². The number of aliphatic hydroxyl groups is 1. The van der Waals surface area contributed by atoms with Crippen molar-refractivity contribution in [3.63, 3.8) is 0 Å². The van der Waals surface area contributed by atoms with Gasteiger partial charge in [0, 0.05) is 4.75 Å². The molecular formula is C11H23NO2S. The molecule has 0 radical (unpaired) electrons. The molecule has 0 fully saturated rings. The van der Waals surface area contributed by atoms with E-state index in [9.17, 15) is 4.79 Å². The van der Waals surface area contributed by atoms with Crippen LogP contribution in [0.15, 0.2) is 0 Å². The number of amides is 1. The largest absolute Gasteiger partial charge is 0.394 e. The van der Waals surface area contributed by atoms with Crippen LogP contribution in [0.4, 0.5) is 0 Å². The monoisotopic (exact) mass is 233 g/mol. The zero-order valence-electron chi connectivity index (χ0n) is 10.3. The van der Waals surface area contributed by atoms with Crippen molar-refractivity contribution < 1.29 is 9.90 Å². The summed E-state index contributed by atoms with van der Waals surface area (Å²) in [7, 11) is 0. The fourth-order valence-corrected chi connectivity index (χ4v) is 1.60. The molecule has 0 aromatic carbocycles. The van der Waals surface area contributed by atoms with E-state index in [1.165, 1.54) is 0 Å². The highest BCUT2D eigenvalue weighted by atomic mass is 32.2.